The summed E-state index contributed by atoms with van der Waals surface area (Å²) in [6.45, 7) is 8.36. The molecular weight excluding hydrogens is 248 g/mol. The number of carboxylic acid groups (broad SMARTS) is 1. The lowest BCUT2D eigenvalue weighted by Crippen LogP contribution is -2.50. The van der Waals surface area contributed by atoms with Crippen LogP contribution in [-0.2, 0) is 4.79 Å². The van der Waals surface area contributed by atoms with Gasteiger partial charge in [-0.25, -0.2) is 4.79 Å². The fraction of sp³-hybridized carbons (Fsp3) is 0.846. The number of hydrogen-bond acceptors (Lipinski definition) is 3. The number of urea groups is 1. The topological polar surface area (TPSA) is 81.1 Å². The van der Waals surface area contributed by atoms with E-state index < -0.39 is 5.97 Å². The van der Waals surface area contributed by atoms with Gasteiger partial charge in [-0.05, 0) is 34.1 Å². The van der Waals surface area contributed by atoms with Crippen molar-refractivity contribution in [3.05, 3.63) is 0 Å². The molecule has 0 aromatic rings. The SMILES string of the molecule is CCN(C(=O)N(CCCO)C(C)C)C(C)CC(=O)O. The Balaban J connectivity index is 4.80. The van der Waals surface area contributed by atoms with Crippen LogP contribution in [0.3, 0.4) is 0 Å². The van der Waals surface area contributed by atoms with Gasteiger partial charge < -0.3 is 20.0 Å². The molecule has 0 spiro atoms. The summed E-state index contributed by atoms with van der Waals surface area (Å²) in [5, 5.41) is 17.7. The molecule has 6 nitrogen and oxygen atoms in total. The Morgan fingerprint density at radius 2 is 1.74 bits per heavy atom. The average molecular weight is 274 g/mol. The van der Waals surface area contributed by atoms with Crippen molar-refractivity contribution in [3.8, 4) is 0 Å². The summed E-state index contributed by atoms with van der Waals surface area (Å²) in [6, 6.07) is -0.491. The van der Waals surface area contributed by atoms with Crippen LogP contribution in [0, 0.1) is 0 Å². The first-order valence-electron chi connectivity index (χ1n) is 6.75. The zero-order valence-electron chi connectivity index (χ0n) is 12.3. The Kier molecular flexibility index (Phi) is 8.14. The second kappa shape index (κ2) is 8.74. The summed E-state index contributed by atoms with van der Waals surface area (Å²) < 4.78 is 0. The van der Waals surface area contributed by atoms with Gasteiger partial charge in [-0.15, -0.1) is 0 Å². The van der Waals surface area contributed by atoms with Gasteiger partial charge in [-0.2, -0.15) is 0 Å². The van der Waals surface area contributed by atoms with Crippen LogP contribution in [0.25, 0.3) is 0 Å². The Morgan fingerprint density at radius 1 is 1.16 bits per heavy atom. The van der Waals surface area contributed by atoms with E-state index in [1.54, 1.807) is 16.7 Å². The quantitative estimate of drug-likeness (QED) is 0.700. The molecule has 0 saturated carbocycles. The van der Waals surface area contributed by atoms with Gasteiger partial charge in [-0.3, -0.25) is 4.79 Å². The van der Waals surface area contributed by atoms with Gasteiger partial charge in [0.05, 0.1) is 6.42 Å². The maximum Gasteiger partial charge on any atom is 0.320 e. The van der Waals surface area contributed by atoms with Crippen molar-refractivity contribution in [2.24, 2.45) is 0 Å². The number of nitrogens with zero attached hydrogens (tertiary/aromatic N) is 2. The van der Waals surface area contributed by atoms with Crippen molar-refractivity contribution in [1.29, 1.82) is 0 Å². The molecule has 0 aromatic carbocycles. The van der Waals surface area contributed by atoms with Crippen LogP contribution in [0.4, 0.5) is 4.79 Å². The van der Waals surface area contributed by atoms with Crippen LogP contribution in [0.5, 0.6) is 0 Å². The molecule has 0 bridgehead atoms. The predicted octanol–water partition coefficient (Wildman–Crippen LogP) is 1.38. The summed E-state index contributed by atoms with van der Waals surface area (Å²) in [7, 11) is 0. The van der Waals surface area contributed by atoms with Crippen molar-refractivity contribution < 1.29 is 19.8 Å². The Labute approximate surface area is 115 Å². The van der Waals surface area contributed by atoms with Crippen molar-refractivity contribution in [3.63, 3.8) is 0 Å². The molecule has 6 heteroatoms. The molecule has 0 aliphatic heterocycles. The number of carboxylic acids is 1. The molecule has 0 saturated heterocycles. The minimum atomic E-state index is -0.912. The van der Waals surface area contributed by atoms with Crippen molar-refractivity contribution in [1.82, 2.24) is 9.80 Å². The predicted molar refractivity (Wildman–Crippen MR) is 73.0 cm³/mol. The van der Waals surface area contributed by atoms with Gasteiger partial charge in [0.15, 0.2) is 0 Å². The second-order valence-corrected chi connectivity index (χ2v) is 4.88. The van der Waals surface area contributed by atoms with E-state index in [4.69, 9.17) is 10.2 Å². The van der Waals surface area contributed by atoms with Crippen molar-refractivity contribution in [2.75, 3.05) is 19.7 Å². The monoisotopic (exact) mass is 274 g/mol. The summed E-state index contributed by atoms with van der Waals surface area (Å²) in [5.41, 5.74) is 0. The molecule has 0 aromatic heterocycles. The first-order chi connectivity index (χ1) is 8.84. The highest BCUT2D eigenvalue weighted by atomic mass is 16.4. The average Bonchev–Trinajstić information content (AvgIpc) is 2.28. The minimum Gasteiger partial charge on any atom is -0.481 e. The lowest BCUT2D eigenvalue weighted by atomic mass is 10.2. The van der Waals surface area contributed by atoms with E-state index in [1.165, 1.54) is 0 Å². The normalized spacial score (nSPS) is 12.3. The van der Waals surface area contributed by atoms with Crippen LogP contribution in [0.15, 0.2) is 0 Å². The van der Waals surface area contributed by atoms with Gasteiger partial charge >= 0.3 is 12.0 Å². The number of aliphatic carboxylic acids is 1. The summed E-state index contributed by atoms with van der Waals surface area (Å²) in [6.07, 6.45) is 0.459. The molecular formula is C13H26N2O4. The van der Waals surface area contributed by atoms with Gasteiger partial charge in [0, 0.05) is 31.8 Å². The molecule has 19 heavy (non-hydrogen) atoms. The smallest absolute Gasteiger partial charge is 0.320 e. The number of hydrogen-bond donors (Lipinski definition) is 2. The van der Waals surface area contributed by atoms with Gasteiger partial charge in [0.1, 0.15) is 0 Å². The molecule has 0 radical (unpaired) electrons. The van der Waals surface area contributed by atoms with Crippen LogP contribution in [-0.4, -0.2) is 63.8 Å². The van der Waals surface area contributed by atoms with Gasteiger partial charge in [0.2, 0.25) is 0 Å². The third-order valence-corrected chi connectivity index (χ3v) is 3.01. The third kappa shape index (κ3) is 5.92. The fourth-order valence-corrected chi connectivity index (χ4v) is 1.98. The van der Waals surface area contributed by atoms with Crippen LogP contribution >= 0.6 is 0 Å². The van der Waals surface area contributed by atoms with E-state index in [1.807, 2.05) is 20.8 Å². The molecule has 112 valence electrons. The van der Waals surface area contributed by atoms with Gasteiger partial charge in [-0.1, -0.05) is 0 Å². The zero-order chi connectivity index (χ0) is 15.0. The van der Waals surface area contributed by atoms with Crippen LogP contribution < -0.4 is 0 Å². The van der Waals surface area contributed by atoms with E-state index in [-0.39, 0.29) is 31.1 Å². The highest BCUT2D eigenvalue weighted by molar-refractivity contribution is 5.76. The third-order valence-electron chi connectivity index (χ3n) is 3.01. The molecule has 0 heterocycles. The largest absolute Gasteiger partial charge is 0.481 e. The number of amides is 2. The molecule has 2 amide bonds. The molecule has 0 aliphatic carbocycles. The number of carbonyl (C=O) groups is 2. The molecule has 0 fully saturated rings. The lowest BCUT2D eigenvalue weighted by Gasteiger charge is -2.35. The number of aliphatic hydroxyl groups excluding tert-OH is 1. The van der Waals surface area contributed by atoms with Crippen molar-refractivity contribution >= 4 is 12.0 Å². The standard InChI is InChI=1S/C13H26N2O4/c1-5-14(11(4)9-12(17)18)13(19)15(10(2)3)7-6-8-16/h10-11,16H,5-9H2,1-4H3,(H,17,18). The first kappa shape index (κ1) is 17.7. The molecule has 0 rings (SSSR count). The van der Waals surface area contributed by atoms with E-state index in [9.17, 15) is 9.59 Å². The summed E-state index contributed by atoms with van der Waals surface area (Å²) in [4.78, 5) is 26.4. The number of rotatable bonds is 8. The van der Waals surface area contributed by atoms with Crippen LogP contribution in [0.1, 0.15) is 40.5 Å². The molecule has 2 N–H and O–H groups in total. The highest BCUT2D eigenvalue weighted by Gasteiger charge is 2.26. The van der Waals surface area contributed by atoms with Gasteiger partial charge in [0.25, 0.3) is 0 Å². The first-order valence-corrected chi connectivity index (χ1v) is 6.75. The second-order valence-electron chi connectivity index (χ2n) is 4.88. The number of carbonyl (C=O) groups excluding carboxylic acids is 1. The molecule has 1 unspecified atom stereocenters. The van der Waals surface area contributed by atoms with E-state index >= 15 is 0 Å². The van der Waals surface area contributed by atoms with E-state index in [2.05, 4.69) is 0 Å². The van der Waals surface area contributed by atoms with Crippen LogP contribution in [0.2, 0.25) is 0 Å². The zero-order valence-corrected chi connectivity index (χ0v) is 12.3. The Bertz CT molecular complexity index is 294. The summed E-state index contributed by atoms with van der Waals surface area (Å²) >= 11 is 0. The van der Waals surface area contributed by atoms with Crippen molar-refractivity contribution in [2.45, 2.75) is 52.6 Å². The maximum absolute atomic E-state index is 12.4. The Hall–Kier alpha value is -1.30. The maximum atomic E-state index is 12.4. The Morgan fingerprint density at radius 3 is 2.11 bits per heavy atom. The number of aliphatic hydroxyl groups is 1. The highest BCUT2D eigenvalue weighted by Crippen LogP contribution is 2.11. The summed E-state index contributed by atoms with van der Waals surface area (Å²) in [5.74, 6) is -0.912. The minimum absolute atomic E-state index is 0.0186. The van der Waals surface area contributed by atoms with E-state index in [0.29, 0.717) is 19.5 Å². The molecule has 0 aliphatic rings. The van der Waals surface area contributed by atoms with E-state index in [0.717, 1.165) is 0 Å². The lowest BCUT2D eigenvalue weighted by molar-refractivity contribution is -0.138. The fourth-order valence-electron chi connectivity index (χ4n) is 1.98. The molecule has 1 atom stereocenters.